The first kappa shape index (κ1) is 17.2. The van der Waals surface area contributed by atoms with Gasteiger partial charge < -0.3 is 14.8 Å². The molecule has 7 heteroatoms. The lowest BCUT2D eigenvalue weighted by atomic mass is 10.0. The lowest BCUT2D eigenvalue weighted by Gasteiger charge is -2.28. The number of nitrogens with zero attached hydrogens (tertiary/aromatic N) is 3. The second-order valence-electron chi connectivity index (χ2n) is 6.53. The topological polar surface area (TPSA) is 91.3 Å². The van der Waals surface area contributed by atoms with Crippen LogP contribution in [0.5, 0.6) is 11.5 Å². The lowest BCUT2D eigenvalue weighted by Crippen LogP contribution is -2.35. The Morgan fingerprint density at radius 2 is 2.07 bits per heavy atom. The third-order valence-corrected chi connectivity index (χ3v) is 4.79. The van der Waals surface area contributed by atoms with Crippen molar-refractivity contribution >= 4 is 0 Å². The Morgan fingerprint density at radius 3 is 2.85 bits per heavy atom. The van der Waals surface area contributed by atoms with E-state index in [9.17, 15) is 9.90 Å². The van der Waals surface area contributed by atoms with E-state index in [0.717, 1.165) is 28.9 Å². The molecule has 4 rings (SSSR count). The minimum Gasteiger partial charge on any atom is -0.508 e. The summed E-state index contributed by atoms with van der Waals surface area (Å²) in [6, 6.07) is 8.83. The van der Waals surface area contributed by atoms with Crippen LogP contribution < -0.4 is 10.3 Å². The fraction of sp³-hybridized carbons (Fsp3) is 0.250. The van der Waals surface area contributed by atoms with Crippen molar-refractivity contribution in [1.82, 2.24) is 19.9 Å². The predicted octanol–water partition coefficient (Wildman–Crippen LogP) is 2.10. The van der Waals surface area contributed by atoms with Crippen molar-refractivity contribution in [3.63, 3.8) is 0 Å². The molecule has 2 N–H and O–H groups in total. The molecule has 0 saturated heterocycles. The number of aromatic hydroxyl groups is 1. The van der Waals surface area contributed by atoms with Crippen LogP contribution in [0.25, 0.3) is 11.4 Å². The number of pyridine rings is 1. The van der Waals surface area contributed by atoms with Crippen LogP contribution in [0.15, 0.2) is 47.5 Å². The SMILES string of the molecule is COc1ccc(O)c(CN2CCc3c(nc(-c4ccncc4)[nH]c3=O)C2)c1. The Balaban J connectivity index is 1.61. The van der Waals surface area contributed by atoms with E-state index in [4.69, 9.17) is 4.74 Å². The molecule has 0 unspecified atom stereocenters. The lowest BCUT2D eigenvalue weighted by molar-refractivity contribution is 0.237. The molecule has 3 heterocycles. The number of methoxy groups -OCH3 is 1. The molecule has 0 bridgehead atoms. The average molecular weight is 364 g/mol. The van der Waals surface area contributed by atoms with Gasteiger partial charge in [0.05, 0.1) is 12.8 Å². The molecule has 27 heavy (non-hydrogen) atoms. The fourth-order valence-electron chi connectivity index (χ4n) is 3.33. The average Bonchev–Trinajstić information content (AvgIpc) is 2.70. The second-order valence-corrected chi connectivity index (χ2v) is 6.53. The summed E-state index contributed by atoms with van der Waals surface area (Å²) < 4.78 is 5.24. The quantitative estimate of drug-likeness (QED) is 0.737. The Kier molecular flexibility index (Phi) is 4.60. The molecule has 0 spiro atoms. The molecule has 1 aliphatic rings. The van der Waals surface area contributed by atoms with E-state index in [0.29, 0.717) is 31.1 Å². The zero-order valence-electron chi connectivity index (χ0n) is 15.0. The first-order valence-corrected chi connectivity index (χ1v) is 8.75. The maximum atomic E-state index is 12.5. The minimum absolute atomic E-state index is 0.0873. The standard InChI is InChI=1S/C20H20N4O3/c1-27-15-2-3-18(25)14(10-15)11-24-9-6-16-17(12-24)22-19(23-20(16)26)13-4-7-21-8-5-13/h2-5,7-8,10,25H,6,9,11-12H2,1H3,(H,22,23,26). The Morgan fingerprint density at radius 1 is 1.26 bits per heavy atom. The van der Waals surface area contributed by atoms with Gasteiger partial charge >= 0.3 is 0 Å². The zero-order valence-corrected chi connectivity index (χ0v) is 15.0. The summed E-state index contributed by atoms with van der Waals surface area (Å²) in [5.41, 5.74) is 3.04. The smallest absolute Gasteiger partial charge is 0.254 e. The van der Waals surface area contributed by atoms with Crippen LogP contribution in [0.1, 0.15) is 16.8 Å². The van der Waals surface area contributed by atoms with E-state index in [1.807, 2.05) is 18.2 Å². The predicted molar refractivity (Wildman–Crippen MR) is 101 cm³/mol. The number of aromatic nitrogens is 3. The van der Waals surface area contributed by atoms with Gasteiger partial charge in [0.1, 0.15) is 17.3 Å². The van der Waals surface area contributed by atoms with Crippen LogP contribution in [0.4, 0.5) is 0 Å². The number of hydrogen-bond acceptors (Lipinski definition) is 6. The van der Waals surface area contributed by atoms with Gasteiger partial charge in [0, 0.05) is 48.7 Å². The van der Waals surface area contributed by atoms with Gasteiger partial charge in [-0.1, -0.05) is 0 Å². The summed E-state index contributed by atoms with van der Waals surface area (Å²) >= 11 is 0. The molecule has 1 aromatic carbocycles. The number of phenols is 1. The highest BCUT2D eigenvalue weighted by Gasteiger charge is 2.22. The number of rotatable bonds is 4. The van der Waals surface area contributed by atoms with Crippen molar-refractivity contribution in [1.29, 1.82) is 0 Å². The molecule has 1 aliphatic heterocycles. The maximum Gasteiger partial charge on any atom is 0.254 e. The van der Waals surface area contributed by atoms with Gasteiger partial charge in [-0.05, 0) is 36.8 Å². The molecule has 0 amide bonds. The largest absolute Gasteiger partial charge is 0.508 e. The van der Waals surface area contributed by atoms with Gasteiger partial charge in [0.2, 0.25) is 0 Å². The third-order valence-electron chi connectivity index (χ3n) is 4.79. The Labute approximate surface area is 156 Å². The number of phenolic OH excluding ortho intramolecular Hbond substituents is 1. The normalized spacial score (nSPS) is 14.0. The second kappa shape index (κ2) is 7.20. The van der Waals surface area contributed by atoms with Crippen LogP contribution in [-0.2, 0) is 19.5 Å². The van der Waals surface area contributed by atoms with Crippen LogP contribution in [0.2, 0.25) is 0 Å². The highest BCUT2D eigenvalue weighted by molar-refractivity contribution is 5.54. The fourth-order valence-corrected chi connectivity index (χ4v) is 3.33. The minimum atomic E-state index is -0.0873. The van der Waals surface area contributed by atoms with Crippen molar-refractivity contribution in [2.75, 3.05) is 13.7 Å². The molecule has 138 valence electrons. The van der Waals surface area contributed by atoms with Crippen LogP contribution >= 0.6 is 0 Å². The Bertz CT molecular complexity index is 1020. The van der Waals surface area contributed by atoms with E-state index >= 15 is 0 Å². The summed E-state index contributed by atoms with van der Waals surface area (Å²) in [7, 11) is 1.60. The molecule has 7 nitrogen and oxygen atoms in total. The summed E-state index contributed by atoms with van der Waals surface area (Å²) in [6.07, 6.45) is 3.97. The van der Waals surface area contributed by atoms with E-state index in [-0.39, 0.29) is 11.3 Å². The van der Waals surface area contributed by atoms with Crippen LogP contribution in [0.3, 0.4) is 0 Å². The molecule has 3 aromatic rings. The van der Waals surface area contributed by atoms with Crippen LogP contribution in [0, 0.1) is 0 Å². The van der Waals surface area contributed by atoms with Gasteiger partial charge in [-0.3, -0.25) is 14.7 Å². The van der Waals surface area contributed by atoms with Crippen molar-refractivity contribution in [3.8, 4) is 22.9 Å². The van der Waals surface area contributed by atoms with Crippen molar-refractivity contribution in [3.05, 3.63) is 69.9 Å². The monoisotopic (exact) mass is 364 g/mol. The molecule has 0 radical (unpaired) electrons. The summed E-state index contributed by atoms with van der Waals surface area (Å²) in [5.74, 6) is 1.49. The van der Waals surface area contributed by atoms with Gasteiger partial charge in [0.25, 0.3) is 5.56 Å². The number of hydrogen-bond donors (Lipinski definition) is 2. The number of H-pyrrole nitrogens is 1. The summed E-state index contributed by atoms with van der Waals surface area (Å²) in [5, 5.41) is 10.1. The number of nitrogens with one attached hydrogen (secondary N) is 1. The number of fused-ring (bicyclic) bond motifs is 1. The molecule has 0 saturated carbocycles. The highest BCUT2D eigenvalue weighted by atomic mass is 16.5. The van der Waals surface area contributed by atoms with Crippen molar-refractivity contribution in [2.45, 2.75) is 19.5 Å². The molecule has 2 aromatic heterocycles. The zero-order chi connectivity index (χ0) is 18.8. The summed E-state index contributed by atoms with van der Waals surface area (Å²) in [4.78, 5) is 26.2. The van der Waals surface area contributed by atoms with Crippen molar-refractivity contribution < 1.29 is 9.84 Å². The first-order valence-electron chi connectivity index (χ1n) is 8.75. The van der Waals surface area contributed by atoms with E-state index in [1.54, 1.807) is 31.6 Å². The van der Waals surface area contributed by atoms with Gasteiger partial charge in [-0.25, -0.2) is 4.98 Å². The van der Waals surface area contributed by atoms with Gasteiger partial charge in [0.15, 0.2) is 0 Å². The maximum absolute atomic E-state index is 12.5. The number of aromatic amines is 1. The van der Waals surface area contributed by atoms with Gasteiger partial charge in [-0.15, -0.1) is 0 Å². The number of benzene rings is 1. The molecule has 0 fully saturated rings. The summed E-state index contributed by atoms with van der Waals surface area (Å²) in [6.45, 7) is 1.83. The Hall–Kier alpha value is -3.19. The van der Waals surface area contributed by atoms with Gasteiger partial charge in [-0.2, -0.15) is 0 Å². The van der Waals surface area contributed by atoms with E-state index in [1.165, 1.54) is 0 Å². The van der Waals surface area contributed by atoms with Crippen molar-refractivity contribution in [2.24, 2.45) is 0 Å². The molecule has 0 atom stereocenters. The first-order chi connectivity index (χ1) is 13.1. The molecular weight excluding hydrogens is 344 g/mol. The molecular formula is C20H20N4O3. The van der Waals surface area contributed by atoms with Crippen LogP contribution in [-0.4, -0.2) is 38.6 Å². The molecule has 0 aliphatic carbocycles. The third kappa shape index (κ3) is 3.54. The highest BCUT2D eigenvalue weighted by Crippen LogP contribution is 2.26. The van der Waals surface area contributed by atoms with E-state index < -0.39 is 0 Å². The van der Waals surface area contributed by atoms with E-state index in [2.05, 4.69) is 19.9 Å². The number of ether oxygens (including phenoxy) is 1.